The fraction of sp³-hybridized carbons (Fsp3) is 0.118. The average molecular weight is 389 g/mol. The van der Waals surface area contributed by atoms with Gasteiger partial charge < -0.3 is 10.6 Å². The van der Waals surface area contributed by atoms with Crippen molar-refractivity contribution < 1.29 is 27.4 Å². The van der Waals surface area contributed by atoms with Crippen LogP contribution < -0.4 is 10.6 Å². The fourth-order valence-corrected chi connectivity index (χ4v) is 3.09. The Hall–Kier alpha value is -3.24. The second kappa shape index (κ2) is 7.17. The van der Waals surface area contributed by atoms with Gasteiger partial charge in [-0.1, -0.05) is 12.1 Å². The monoisotopic (exact) mass is 389 g/mol. The zero-order valence-corrected chi connectivity index (χ0v) is 14.7. The summed E-state index contributed by atoms with van der Waals surface area (Å²) in [7, 11) is -4.30. The molecule has 2 aromatic rings. The number of amides is 4. The van der Waals surface area contributed by atoms with E-state index in [0.717, 1.165) is 17.0 Å². The zero-order valence-electron chi connectivity index (χ0n) is 13.9. The third-order valence-electron chi connectivity index (χ3n) is 3.91. The number of fused-ring (bicyclic) bond motifs is 1. The first-order chi connectivity index (χ1) is 12.8. The van der Waals surface area contributed by atoms with Crippen LogP contribution in [0, 0.1) is 0 Å². The molecular weight excluding hydrogens is 374 g/mol. The molecule has 4 amide bonds. The zero-order chi connectivity index (χ0) is 19.6. The molecule has 0 atom stereocenters. The first-order valence-electron chi connectivity index (χ1n) is 7.85. The smallest absolute Gasteiger partial charge is 0.319 e. The third kappa shape index (κ3) is 3.96. The normalized spacial score (nSPS) is 13.4. The lowest BCUT2D eigenvalue weighted by atomic mass is 10.1. The second-order valence-electron chi connectivity index (χ2n) is 5.69. The maximum atomic E-state index is 12.2. The van der Waals surface area contributed by atoms with Crippen LogP contribution in [0.3, 0.4) is 0 Å². The number of benzene rings is 2. The Morgan fingerprint density at radius 3 is 2.04 bits per heavy atom. The SMILES string of the molecule is O=C(NCCN1C(=O)c2ccccc2C1=O)Nc1ccc(S(=O)(=O)O)cc1. The molecule has 0 fully saturated rings. The largest absolute Gasteiger partial charge is 0.336 e. The van der Waals surface area contributed by atoms with Crippen LogP contribution >= 0.6 is 0 Å². The first-order valence-corrected chi connectivity index (χ1v) is 9.29. The predicted molar refractivity (Wildman–Crippen MR) is 95.1 cm³/mol. The molecule has 0 unspecified atom stereocenters. The summed E-state index contributed by atoms with van der Waals surface area (Å²) in [5, 5.41) is 4.98. The number of imide groups is 1. The van der Waals surface area contributed by atoms with Gasteiger partial charge in [-0.3, -0.25) is 19.0 Å². The standard InChI is InChI=1S/C17H15N3O6S/c21-15-13-3-1-2-4-14(13)16(22)20(15)10-9-18-17(23)19-11-5-7-12(8-6-11)27(24,25)26/h1-8H,9-10H2,(H2,18,19,23)(H,24,25,26). The number of urea groups is 1. The van der Waals surface area contributed by atoms with Crippen LogP contribution in [0.4, 0.5) is 10.5 Å². The van der Waals surface area contributed by atoms with Gasteiger partial charge in [0.2, 0.25) is 0 Å². The highest BCUT2D eigenvalue weighted by Gasteiger charge is 2.34. The molecule has 140 valence electrons. The maximum absolute atomic E-state index is 12.2. The average Bonchev–Trinajstić information content (AvgIpc) is 2.87. The molecule has 10 heteroatoms. The van der Waals surface area contributed by atoms with Crippen LogP contribution in [0.25, 0.3) is 0 Å². The molecule has 3 N–H and O–H groups in total. The van der Waals surface area contributed by atoms with Gasteiger partial charge in [-0.15, -0.1) is 0 Å². The van der Waals surface area contributed by atoms with Crippen molar-refractivity contribution in [3.05, 3.63) is 59.7 Å². The van der Waals surface area contributed by atoms with Crippen molar-refractivity contribution in [2.75, 3.05) is 18.4 Å². The molecule has 9 nitrogen and oxygen atoms in total. The molecule has 0 aromatic heterocycles. The van der Waals surface area contributed by atoms with Crippen molar-refractivity contribution in [1.29, 1.82) is 0 Å². The van der Waals surface area contributed by atoms with Gasteiger partial charge in [-0.25, -0.2) is 4.79 Å². The summed E-state index contributed by atoms with van der Waals surface area (Å²) >= 11 is 0. The number of rotatable bonds is 5. The van der Waals surface area contributed by atoms with Gasteiger partial charge in [-0.05, 0) is 36.4 Å². The van der Waals surface area contributed by atoms with Gasteiger partial charge in [0.1, 0.15) is 0 Å². The minimum atomic E-state index is -4.30. The molecule has 1 heterocycles. The Morgan fingerprint density at radius 2 is 1.52 bits per heavy atom. The molecule has 1 aliphatic rings. The number of carbonyl (C=O) groups excluding carboxylic acids is 3. The van der Waals surface area contributed by atoms with E-state index in [4.69, 9.17) is 4.55 Å². The molecule has 0 saturated carbocycles. The predicted octanol–water partition coefficient (Wildman–Crippen LogP) is 1.35. The summed E-state index contributed by atoms with van der Waals surface area (Å²) in [6.07, 6.45) is 0. The Balaban J connectivity index is 1.52. The highest BCUT2D eigenvalue weighted by molar-refractivity contribution is 7.85. The molecule has 2 aromatic carbocycles. The molecule has 3 rings (SSSR count). The Labute approximate surface area is 154 Å². The van der Waals surface area contributed by atoms with E-state index >= 15 is 0 Å². The van der Waals surface area contributed by atoms with Crippen molar-refractivity contribution in [2.45, 2.75) is 4.90 Å². The molecule has 0 bridgehead atoms. The van der Waals surface area contributed by atoms with E-state index in [1.54, 1.807) is 24.3 Å². The molecule has 0 radical (unpaired) electrons. The van der Waals surface area contributed by atoms with Crippen LogP contribution in [0.2, 0.25) is 0 Å². The molecular formula is C17H15N3O6S. The summed E-state index contributed by atoms with van der Waals surface area (Å²) in [6.45, 7) is 0.0574. The topological polar surface area (TPSA) is 133 Å². The number of hydrogen-bond acceptors (Lipinski definition) is 5. The first kappa shape index (κ1) is 18.5. The Bertz CT molecular complexity index is 982. The van der Waals surface area contributed by atoms with Crippen molar-refractivity contribution in [3.63, 3.8) is 0 Å². The van der Waals surface area contributed by atoms with E-state index in [0.29, 0.717) is 16.8 Å². The quantitative estimate of drug-likeness (QED) is 0.522. The number of nitrogens with one attached hydrogen (secondary N) is 2. The highest BCUT2D eigenvalue weighted by atomic mass is 32.2. The molecule has 1 aliphatic heterocycles. The van der Waals surface area contributed by atoms with Crippen molar-refractivity contribution >= 4 is 33.7 Å². The summed E-state index contributed by atoms with van der Waals surface area (Å²) in [4.78, 5) is 37.0. The summed E-state index contributed by atoms with van der Waals surface area (Å²) in [5.74, 6) is -0.808. The Morgan fingerprint density at radius 1 is 0.963 bits per heavy atom. The van der Waals surface area contributed by atoms with Gasteiger partial charge in [-0.2, -0.15) is 8.42 Å². The van der Waals surface area contributed by atoms with E-state index in [-0.39, 0.29) is 18.0 Å². The number of hydrogen-bond donors (Lipinski definition) is 3. The summed E-state index contributed by atoms with van der Waals surface area (Å²) in [5.41, 5.74) is 0.984. The van der Waals surface area contributed by atoms with Crippen molar-refractivity contribution in [3.8, 4) is 0 Å². The van der Waals surface area contributed by atoms with Crippen molar-refractivity contribution in [2.24, 2.45) is 0 Å². The molecule has 0 spiro atoms. The minimum absolute atomic E-state index is 0.0153. The second-order valence-corrected chi connectivity index (χ2v) is 7.11. The lowest BCUT2D eigenvalue weighted by Gasteiger charge is -2.14. The van der Waals surface area contributed by atoms with Gasteiger partial charge in [0, 0.05) is 18.8 Å². The maximum Gasteiger partial charge on any atom is 0.319 e. The Kier molecular flexibility index (Phi) is 4.93. The van der Waals surface area contributed by atoms with Gasteiger partial charge in [0.05, 0.1) is 16.0 Å². The number of anilines is 1. The fourth-order valence-electron chi connectivity index (χ4n) is 2.61. The number of carbonyl (C=O) groups is 3. The van der Waals surface area contributed by atoms with Crippen LogP contribution in [0.1, 0.15) is 20.7 Å². The van der Waals surface area contributed by atoms with Crippen LogP contribution in [-0.2, 0) is 10.1 Å². The lowest BCUT2D eigenvalue weighted by Crippen LogP contribution is -2.39. The van der Waals surface area contributed by atoms with E-state index in [9.17, 15) is 22.8 Å². The van der Waals surface area contributed by atoms with Crippen molar-refractivity contribution in [1.82, 2.24) is 10.2 Å². The molecule has 27 heavy (non-hydrogen) atoms. The molecule has 0 aliphatic carbocycles. The number of nitrogens with zero attached hydrogens (tertiary/aromatic N) is 1. The molecule has 0 saturated heterocycles. The summed E-state index contributed by atoms with van der Waals surface area (Å²) in [6, 6.07) is 10.8. The third-order valence-corrected chi connectivity index (χ3v) is 4.78. The minimum Gasteiger partial charge on any atom is -0.336 e. The van der Waals surface area contributed by atoms with Gasteiger partial charge >= 0.3 is 6.03 Å². The van der Waals surface area contributed by atoms with E-state index in [2.05, 4.69) is 10.6 Å². The van der Waals surface area contributed by atoms with E-state index in [1.807, 2.05) is 0 Å². The van der Waals surface area contributed by atoms with Gasteiger partial charge in [0.15, 0.2) is 0 Å². The lowest BCUT2D eigenvalue weighted by molar-refractivity contribution is 0.0656. The van der Waals surface area contributed by atoms with Crippen LogP contribution in [0.5, 0.6) is 0 Å². The van der Waals surface area contributed by atoms with Crippen LogP contribution in [0.15, 0.2) is 53.4 Å². The summed E-state index contributed by atoms with van der Waals surface area (Å²) < 4.78 is 30.8. The van der Waals surface area contributed by atoms with E-state index in [1.165, 1.54) is 12.1 Å². The van der Waals surface area contributed by atoms with Crippen LogP contribution in [-0.4, -0.2) is 48.8 Å². The highest BCUT2D eigenvalue weighted by Crippen LogP contribution is 2.21. The van der Waals surface area contributed by atoms with Gasteiger partial charge in [0.25, 0.3) is 21.9 Å². The van der Waals surface area contributed by atoms with E-state index < -0.39 is 28.0 Å².